The molecule has 3 aromatic rings. The molecule has 0 bridgehead atoms. The van der Waals surface area contributed by atoms with Crippen molar-refractivity contribution in [3.63, 3.8) is 0 Å². The average molecular weight is 498 g/mol. The molecule has 1 aromatic carbocycles. The number of amides is 1. The summed E-state index contributed by atoms with van der Waals surface area (Å²) in [5.41, 5.74) is 4.26. The monoisotopic (exact) mass is 497 g/mol. The van der Waals surface area contributed by atoms with Gasteiger partial charge in [-0.1, -0.05) is 18.1 Å². The number of hydrogen-bond donors (Lipinski definition) is 2. The van der Waals surface area contributed by atoms with E-state index in [1.807, 2.05) is 45.0 Å². The number of ether oxygens (including phenoxy) is 1. The van der Waals surface area contributed by atoms with E-state index in [0.717, 1.165) is 16.7 Å². The molecule has 4 rings (SSSR count). The number of fused-ring (bicyclic) bond motifs is 1. The molecule has 0 saturated carbocycles. The summed E-state index contributed by atoms with van der Waals surface area (Å²) >= 11 is 0. The first-order chi connectivity index (χ1) is 17.8. The van der Waals surface area contributed by atoms with E-state index in [0.29, 0.717) is 59.4 Å². The summed E-state index contributed by atoms with van der Waals surface area (Å²) in [6, 6.07) is 7.12. The molecule has 2 aromatic heterocycles. The van der Waals surface area contributed by atoms with Gasteiger partial charge in [-0.15, -0.1) is 6.42 Å². The van der Waals surface area contributed by atoms with E-state index in [9.17, 15) is 9.59 Å². The first-order valence-electron chi connectivity index (χ1n) is 12.3. The Labute approximate surface area is 216 Å². The maximum absolute atomic E-state index is 13.4. The topological polar surface area (TPSA) is 93.5 Å². The number of terminal acetylenes is 1. The maximum Gasteiger partial charge on any atom is 0.272 e. The fourth-order valence-electron chi connectivity index (χ4n) is 4.34. The molecule has 3 heterocycles. The Kier molecular flexibility index (Phi) is 7.90. The maximum atomic E-state index is 13.4. The molecule has 1 amide bonds. The predicted octanol–water partition coefficient (Wildman–Crippen LogP) is 4.95. The lowest BCUT2D eigenvalue weighted by Gasteiger charge is -2.26. The van der Waals surface area contributed by atoms with Crippen molar-refractivity contribution in [2.45, 2.75) is 33.7 Å². The first-order valence-corrected chi connectivity index (χ1v) is 12.3. The van der Waals surface area contributed by atoms with Gasteiger partial charge in [-0.3, -0.25) is 9.59 Å². The van der Waals surface area contributed by atoms with Crippen molar-refractivity contribution < 1.29 is 13.9 Å². The predicted molar refractivity (Wildman–Crippen MR) is 146 cm³/mol. The number of benzene rings is 1. The Balaban J connectivity index is 1.73. The highest BCUT2D eigenvalue weighted by atomic mass is 16.5. The number of carbonyl (C=O) groups excluding carboxylic acids is 1. The minimum absolute atomic E-state index is 0.0942. The Morgan fingerprint density at radius 2 is 2.11 bits per heavy atom. The fourth-order valence-corrected chi connectivity index (χ4v) is 4.34. The summed E-state index contributed by atoms with van der Waals surface area (Å²) in [5, 5.41) is 6.86. The quantitative estimate of drug-likeness (QED) is 0.338. The number of rotatable bonds is 8. The minimum Gasteiger partial charge on any atom is -0.455 e. The van der Waals surface area contributed by atoms with Crippen molar-refractivity contribution in [1.29, 1.82) is 0 Å². The van der Waals surface area contributed by atoms with Crippen LogP contribution in [-0.2, 0) is 4.74 Å². The number of aromatic nitrogens is 1. The van der Waals surface area contributed by atoms with Gasteiger partial charge in [0.05, 0.1) is 30.3 Å². The second kappa shape index (κ2) is 11.3. The van der Waals surface area contributed by atoms with Crippen molar-refractivity contribution in [3.8, 4) is 12.3 Å². The number of hydrogen-bond acceptors (Lipinski definition) is 6. The van der Waals surface area contributed by atoms with E-state index in [-0.39, 0.29) is 17.4 Å². The van der Waals surface area contributed by atoms with E-state index in [2.05, 4.69) is 21.5 Å². The number of nitrogens with one attached hydrogen (secondary N) is 2. The third-order valence-electron chi connectivity index (χ3n) is 6.44. The van der Waals surface area contributed by atoms with Gasteiger partial charge >= 0.3 is 0 Å². The number of nitrogens with zero attached hydrogens (tertiary/aromatic N) is 1. The van der Waals surface area contributed by atoms with Crippen molar-refractivity contribution >= 4 is 28.1 Å². The van der Waals surface area contributed by atoms with E-state index in [1.54, 1.807) is 31.3 Å². The second-order valence-electron chi connectivity index (χ2n) is 9.24. The van der Waals surface area contributed by atoms with Crippen LogP contribution in [0.15, 0.2) is 57.9 Å². The lowest BCUT2D eigenvalue weighted by molar-refractivity contribution is -0.0299. The summed E-state index contributed by atoms with van der Waals surface area (Å²) in [5.74, 6) is 3.04. The molecular formula is C30H31N3O4. The van der Waals surface area contributed by atoms with Crippen molar-refractivity contribution in [2.24, 2.45) is 5.92 Å². The van der Waals surface area contributed by atoms with Gasteiger partial charge < -0.3 is 19.8 Å². The van der Waals surface area contributed by atoms with Crippen LogP contribution >= 0.6 is 0 Å². The Morgan fingerprint density at radius 1 is 1.32 bits per heavy atom. The highest BCUT2D eigenvalue weighted by molar-refractivity contribution is 5.97. The van der Waals surface area contributed by atoms with Gasteiger partial charge in [-0.2, -0.15) is 0 Å². The fraction of sp³-hybridized carbons (Fsp3) is 0.300. The third-order valence-corrected chi connectivity index (χ3v) is 6.44. The zero-order chi connectivity index (χ0) is 26.5. The lowest BCUT2D eigenvalue weighted by Crippen LogP contribution is -2.39. The highest BCUT2D eigenvalue weighted by Gasteiger charge is 2.23. The third kappa shape index (κ3) is 5.50. The molecule has 37 heavy (non-hydrogen) atoms. The van der Waals surface area contributed by atoms with E-state index in [4.69, 9.17) is 15.6 Å². The van der Waals surface area contributed by atoms with Gasteiger partial charge in [0, 0.05) is 35.4 Å². The summed E-state index contributed by atoms with van der Waals surface area (Å²) < 4.78 is 11.6. The van der Waals surface area contributed by atoms with Gasteiger partial charge in [0.15, 0.2) is 11.1 Å². The van der Waals surface area contributed by atoms with Crippen LogP contribution in [0.5, 0.6) is 0 Å². The Morgan fingerprint density at radius 3 is 2.78 bits per heavy atom. The molecule has 0 aliphatic carbocycles. The van der Waals surface area contributed by atoms with Crippen LogP contribution < -0.4 is 16.1 Å². The smallest absolute Gasteiger partial charge is 0.272 e. The largest absolute Gasteiger partial charge is 0.455 e. The molecule has 190 valence electrons. The van der Waals surface area contributed by atoms with Gasteiger partial charge in [0.2, 0.25) is 0 Å². The zero-order valence-electron chi connectivity index (χ0n) is 21.6. The Hall–Kier alpha value is -4.15. The molecule has 1 atom stereocenters. The van der Waals surface area contributed by atoms with Crippen LogP contribution in [0.4, 0.5) is 5.69 Å². The second-order valence-corrected chi connectivity index (χ2v) is 9.24. The van der Waals surface area contributed by atoms with Crippen LogP contribution in [0.3, 0.4) is 0 Å². The van der Waals surface area contributed by atoms with Crippen molar-refractivity contribution in [2.75, 3.05) is 25.1 Å². The van der Waals surface area contributed by atoms with E-state index >= 15 is 0 Å². The number of carbonyl (C=O) groups is 1. The molecule has 0 spiro atoms. The molecule has 1 aliphatic heterocycles. The van der Waals surface area contributed by atoms with Crippen LogP contribution in [0, 0.1) is 32.1 Å². The first kappa shape index (κ1) is 25.9. The van der Waals surface area contributed by atoms with Crippen LogP contribution in [0.1, 0.15) is 52.8 Å². The molecular weight excluding hydrogens is 466 g/mol. The summed E-state index contributed by atoms with van der Waals surface area (Å²) in [4.78, 5) is 30.6. The molecule has 7 heteroatoms. The lowest BCUT2D eigenvalue weighted by atomic mass is 9.98. The molecule has 1 saturated heterocycles. The normalized spacial score (nSPS) is 14.8. The van der Waals surface area contributed by atoms with E-state index in [1.165, 1.54) is 0 Å². The molecule has 1 aliphatic rings. The standard InChI is InChI=1S/C30H31N3O4/c1-6-8-10-22(7-2)28-19(4)27(34)24-14-18(3)13-23(29(24)37-28)20(5)33-25-11-9-12-31-26(25)30(35)32-15-21-16-36-17-21/h1,7-14,20-21,33H,15-17H2,2-5H3,(H,32,35)/b10-8-,22-7+. The number of anilines is 1. The molecule has 0 radical (unpaired) electrons. The minimum atomic E-state index is -0.299. The van der Waals surface area contributed by atoms with Crippen molar-refractivity contribution in [3.05, 3.63) is 87.1 Å². The number of allylic oxidation sites excluding steroid dienone is 4. The van der Waals surface area contributed by atoms with Crippen LogP contribution in [0.2, 0.25) is 0 Å². The highest BCUT2D eigenvalue weighted by Crippen LogP contribution is 2.31. The molecule has 7 nitrogen and oxygen atoms in total. The van der Waals surface area contributed by atoms with Gasteiger partial charge in [-0.25, -0.2) is 4.98 Å². The SMILES string of the molecule is C#C/C=C\C(=C/C)c1oc2c(C(C)Nc3cccnc3C(=O)NCC3COC3)cc(C)cc2c(=O)c1C. The molecule has 1 unspecified atom stereocenters. The van der Waals surface area contributed by atoms with Gasteiger partial charge in [-0.05, 0) is 63.6 Å². The Bertz CT molecular complexity index is 1490. The van der Waals surface area contributed by atoms with Crippen LogP contribution in [-0.4, -0.2) is 30.6 Å². The van der Waals surface area contributed by atoms with Crippen LogP contribution in [0.25, 0.3) is 16.5 Å². The van der Waals surface area contributed by atoms with Gasteiger partial charge in [0.25, 0.3) is 5.91 Å². The van der Waals surface area contributed by atoms with E-state index < -0.39 is 0 Å². The van der Waals surface area contributed by atoms with Gasteiger partial charge in [0.1, 0.15) is 11.3 Å². The average Bonchev–Trinajstić information content (AvgIpc) is 2.86. The van der Waals surface area contributed by atoms with Crippen molar-refractivity contribution in [1.82, 2.24) is 10.3 Å². The molecule has 2 N–H and O–H groups in total. The summed E-state index contributed by atoms with van der Waals surface area (Å²) in [6.07, 6.45) is 12.2. The summed E-state index contributed by atoms with van der Waals surface area (Å²) in [6.45, 7) is 9.39. The summed E-state index contributed by atoms with van der Waals surface area (Å²) in [7, 11) is 0. The zero-order valence-corrected chi connectivity index (χ0v) is 21.6. The number of pyridine rings is 1. The molecule has 1 fully saturated rings. The number of aryl methyl sites for hydroxylation is 1.